The smallest absolute Gasteiger partial charge is 0.182 e. The topological polar surface area (TPSA) is 29.5 Å². The molecule has 0 spiro atoms. The normalized spacial score (nSPS) is 14.0. The highest BCUT2D eigenvalue weighted by molar-refractivity contribution is 7.19. The van der Waals surface area contributed by atoms with Crippen LogP contribution in [-0.2, 0) is 4.74 Å². The third-order valence-corrected chi connectivity index (χ3v) is 6.92. The summed E-state index contributed by atoms with van der Waals surface area (Å²) >= 11 is 1.67. The SMILES string of the molecule is O=c1cc(-c2ccc(-c3ccc(/C=C/c4ccccc4)cc3)cc2)sc(N2CCOCC2)c1. The van der Waals surface area contributed by atoms with Crippen molar-refractivity contribution in [3.8, 4) is 21.6 Å². The quantitative estimate of drug-likeness (QED) is 0.327. The maximum Gasteiger partial charge on any atom is 0.182 e. The van der Waals surface area contributed by atoms with Crippen LogP contribution in [-0.4, -0.2) is 26.3 Å². The van der Waals surface area contributed by atoms with E-state index in [-0.39, 0.29) is 5.43 Å². The molecule has 1 fully saturated rings. The summed E-state index contributed by atoms with van der Waals surface area (Å²) < 4.78 is 5.44. The molecule has 2 heterocycles. The van der Waals surface area contributed by atoms with Crippen LogP contribution in [0.25, 0.3) is 33.7 Å². The molecule has 1 aromatic heterocycles. The van der Waals surface area contributed by atoms with E-state index in [9.17, 15) is 4.79 Å². The standard InChI is InChI=1S/C29H25NO2S/c31-27-20-28(33-29(21-27)30-16-18-32-19-17-30)26-14-12-25(13-15-26)24-10-8-23(9-11-24)7-6-22-4-2-1-3-5-22/h1-15,20-21H,16-19H2/b7-6+. The Morgan fingerprint density at radius 1 is 0.697 bits per heavy atom. The van der Waals surface area contributed by atoms with Gasteiger partial charge in [-0.1, -0.05) is 91.0 Å². The second-order valence-electron chi connectivity index (χ2n) is 8.04. The summed E-state index contributed by atoms with van der Waals surface area (Å²) in [5.74, 6) is 0. The fourth-order valence-electron chi connectivity index (χ4n) is 3.92. The Balaban J connectivity index is 1.33. The fraction of sp³-hybridized carbons (Fsp3) is 0.138. The molecule has 0 amide bonds. The molecule has 0 aliphatic carbocycles. The Morgan fingerprint density at radius 3 is 1.94 bits per heavy atom. The van der Waals surface area contributed by atoms with Crippen LogP contribution >= 0.6 is 11.3 Å². The second kappa shape index (κ2) is 9.99. The number of hydrogen-bond donors (Lipinski definition) is 0. The molecule has 3 aromatic carbocycles. The molecule has 1 aliphatic heterocycles. The van der Waals surface area contributed by atoms with Crippen LogP contribution in [0.3, 0.4) is 0 Å². The van der Waals surface area contributed by atoms with Crippen LogP contribution in [0.2, 0.25) is 0 Å². The van der Waals surface area contributed by atoms with Gasteiger partial charge in [0, 0.05) is 30.1 Å². The van der Waals surface area contributed by atoms with Gasteiger partial charge in [0.15, 0.2) is 5.43 Å². The zero-order valence-corrected chi connectivity index (χ0v) is 19.1. The predicted molar refractivity (Wildman–Crippen MR) is 140 cm³/mol. The lowest BCUT2D eigenvalue weighted by Crippen LogP contribution is -2.36. The van der Waals surface area contributed by atoms with E-state index in [2.05, 4.69) is 77.7 Å². The number of benzene rings is 3. The van der Waals surface area contributed by atoms with E-state index >= 15 is 0 Å². The highest BCUT2D eigenvalue weighted by Gasteiger charge is 2.14. The highest BCUT2D eigenvalue weighted by Crippen LogP contribution is 2.31. The lowest BCUT2D eigenvalue weighted by atomic mass is 10.0. The molecule has 0 saturated carbocycles. The van der Waals surface area contributed by atoms with Crippen LogP contribution in [0, 0.1) is 0 Å². The molecule has 1 saturated heterocycles. The van der Waals surface area contributed by atoms with Gasteiger partial charge in [0.25, 0.3) is 0 Å². The van der Waals surface area contributed by atoms with Gasteiger partial charge < -0.3 is 9.64 Å². The number of nitrogens with zero attached hydrogens (tertiary/aromatic N) is 1. The van der Waals surface area contributed by atoms with Crippen molar-refractivity contribution < 1.29 is 4.74 Å². The van der Waals surface area contributed by atoms with E-state index in [4.69, 9.17) is 4.74 Å². The Bertz CT molecular complexity index is 1290. The molecular formula is C29H25NO2S. The minimum atomic E-state index is 0.0495. The maximum atomic E-state index is 12.3. The third-order valence-electron chi connectivity index (χ3n) is 5.76. The fourth-order valence-corrected chi connectivity index (χ4v) is 5.06. The molecule has 0 bridgehead atoms. The van der Waals surface area contributed by atoms with Crippen LogP contribution in [0.1, 0.15) is 11.1 Å². The lowest BCUT2D eigenvalue weighted by Gasteiger charge is -2.28. The molecule has 5 rings (SSSR count). The zero-order chi connectivity index (χ0) is 22.5. The molecule has 1 aliphatic rings. The minimum absolute atomic E-state index is 0.0495. The van der Waals surface area contributed by atoms with Gasteiger partial charge in [-0.05, 0) is 27.8 Å². The first-order valence-corrected chi connectivity index (χ1v) is 12.0. The monoisotopic (exact) mass is 451 g/mol. The predicted octanol–water partition coefficient (Wildman–Crippen LogP) is 6.45. The van der Waals surface area contributed by atoms with Crippen LogP contribution < -0.4 is 10.3 Å². The Labute approximate surface area is 198 Å². The van der Waals surface area contributed by atoms with Gasteiger partial charge in [-0.3, -0.25) is 4.79 Å². The van der Waals surface area contributed by atoms with Crippen LogP contribution in [0.4, 0.5) is 5.00 Å². The number of morpholine rings is 1. The van der Waals surface area contributed by atoms with E-state index in [1.165, 1.54) is 16.7 Å². The van der Waals surface area contributed by atoms with E-state index < -0.39 is 0 Å². The van der Waals surface area contributed by atoms with E-state index in [0.29, 0.717) is 13.2 Å². The summed E-state index contributed by atoms with van der Waals surface area (Å²) in [6.07, 6.45) is 4.26. The van der Waals surface area contributed by atoms with Gasteiger partial charge in [0.1, 0.15) is 0 Å². The van der Waals surface area contributed by atoms with Crippen molar-refractivity contribution in [3.05, 3.63) is 112 Å². The number of hydrogen-bond acceptors (Lipinski definition) is 4. The summed E-state index contributed by atoms with van der Waals surface area (Å²) in [6, 6.07) is 30.8. The molecule has 0 unspecified atom stereocenters. The Hall–Kier alpha value is -3.47. The average Bonchev–Trinajstić information content (AvgIpc) is 2.89. The number of ether oxygens (including phenoxy) is 1. The number of anilines is 1. The van der Waals surface area contributed by atoms with Crippen molar-refractivity contribution in [2.75, 3.05) is 31.2 Å². The first kappa shape index (κ1) is 21.4. The average molecular weight is 452 g/mol. The van der Waals surface area contributed by atoms with Gasteiger partial charge in [0.05, 0.1) is 18.2 Å². The zero-order valence-electron chi connectivity index (χ0n) is 18.3. The summed E-state index contributed by atoms with van der Waals surface area (Å²) in [4.78, 5) is 15.6. The molecule has 33 heavy (non-hydrogen) atoms. The van der Waals surface area contributed by atoms with Gasteiger partial charge >= 0.3 is 0 Å². The molecular weight excluding hydrogens is 426 g/mol. The van der Waals surface area contributed by atoms with E-state index in [1.807, 2.05) is 18.2 Å². The number of rotatable bonds is 5. The summed E-state index contributed by atoms with van der Waals surface area (Å²) in [7, 11) is 0. The first-order valence-electron chi connectivity index (χ1n) is 11.2. The molecule has 4 aromatic rings. The van der Waals surface area contributed by atoms with Gasteiger partial charge in [-0.15, -0.1) is 11.3 Å². The molecule has 4 heteroatoms. The van der Waals surface area contributed by atoms with Crippen molar-refractivity contribution in [1.29, 1.82) is 0 Å². The molecule has 3 nitrogen and oxygen atoms in total. The summed E-state index contributed by atoms with van der Waals surface area (Å²) in [5, 5.41) is 1.02. The Kier molecular flexibility index (Phi) is 6.47. The van der Waals surface area contributed by atoms with Crippen molar-refractivity contribution in [3.63, 3.8) is 0 Å². The van der Waals surface area contributed by atoms with Gasteiger partial charge in [-0.25, -0.2) is 0 Å². The van der Waals surface area contributed by atoms with Crippen molar-refractivity contribution >= 4 is 28.5 Å². The van der Waals surface area contributed by atoms with Crippen molar-refractivity contribution in [2.24, 2.45) is 0 Å². The molecule has 0 N–H and O–H groups in total. The summed E-state index contributed by atoms with van der Waals surface area (Å²) in [5.41, 5.74) is 5.82. The molecule has 0 radical (unpaired) electrons. The highest BCUT2D eigenvalue weighted by atomic mass is 32.1. The maximum absolute atomic E-state index is 12.3. The van der Waals surface area contributed by atoms with E-state index in [1.54, 1.807) is 23.5 Å². The van der Waals surface area contributed by atoms with Crippen LogP contribution in [0.15, 0.2) is 95.8 Å². The minimum Gasteiger partial charge on any atom is -0.378 e. The summed E-state index contributed by atoms with van der Waals surface area (Å²) in [6.45, 7) is 3.07. The second-order valence-corrected chi connectivity index (χ2v) is 9.10. The van der Waals surface area contributed by atoms with Gasteiger partial charge in [-0.2, -0.15) is 0 Å². The lowest BCUT2D eigenvalue weighted by molar-refractivity contribution is 0.123. The van der Waals surface area contributed by atoms with Crippen LogP contribution in [0.5, 0.6) is 0 Å². The Morgan fingerprint density at radius 2 is 1.27 bits per heavy atom. The van der Waals surface area contributed by atoms with Crippen molar-refractivity contribution in [1.82, 2.24) is 0 Å². The first-order chi connectivity index (χ1) is 16.2. The largest absolute Gasteiger partial charge is 0.378 e. The van der Waals surface area contributed by atoms with Gasteiger partial charge in [0.2, 0.25) is 0 Å². The molecule has 0 atom stereocenters. The van der Waals surface area contributed by atoms with E-state index in [0.717, 1.165) is 34.1 Å². The molecule has 164 valence electrons. The van der Waals surface area contributed by atoms with Crippen molar-refractivity contribution in [2.45, 2.75) is 0 Å². The third kappa shape index (κ3) is 5.30.